The van der Waals surface area contributed by atoms with Gasteiger partial charge in [-0.05, 0) is 30.7 Å². The molecule has 0 heterocycles. The zero-order chi connectivity index (χ0) is 12.7. The maximum absolute atomic E-state index is 11.5. The van der Waals surface area contributed by atoms with Crippen LogP contribution < -0.4 is 5.32 Å². The fourth-order valence-corrected chi connectivity index (χ4v) is 2.58. The molecule has 1 rings (SSSR count). The van der Waals surface area contributed by atoms with Gasteiger partial charge in [0.25, 0.3) is 0 Å². The first kappa shape index (κ1) is 14.5. The third kappa shape index (κ3) is 5.57. The Bertz CT molecular complexity index is 385. The lowest BCUT2D eigenvalue weighted by molar-refractivity contribution is -0.118. The lowest BCUT2D eigenvalue weighted by atomic mass is 10.2. The minimum atomic E-state index is 0.0365. The van der Waals surface area contributed by atoms with Crippen LogP contribution in [0, 0.1) is 6.92 Å². The summed E-state index contributed by atoms with van der Waals surface area (Å²) in [7, 11) is 1.62. The highest BCUT2D eigenvalue weighted by Crippen LogP contribution is 2.24. The Morgan fingerprint density at radius 3 is 2.94 bits per heavy atom. The van der Waals surface area contributed by atoms with Crippen molar-refractivity contribution >= 4 is 33.6 Å². The highest BCUT2D eigenvalue weighted by molar-refractivity contribution is 9.10. The first-order valence-corrected chi connectivity index (χ1v) is 7.06. The molecule has 17 heavy (non-hydrogen) atoms. The number of thioether (sulfide) groups is 1. The summed E-state index contributed by atoms with van der Waals surface area (Å²) in [5, 5.41) is 2.79. The predicted octanol–water partition coefficient (Wildman–Crippen LogP) is 2.61. The van der Waals surface area contributed by atoms with Crippen LogP contribution >= 0.6 is 27.7 Å². The summed E-state index contributed by atoms with van der Waals surface area (Å²) in [6.45, 7) is 3.15. The minimum absolute atomic E-state index is 0.0365. The molecule has 0 bridgehead atoms. The molecule has 1 amide bonds. The standard InChI is InChI=1S/C12H16BrNO2S/c1-9-7-10(13)3-4-11(9)17-8-12(15)14-5-6-16-2/h3-4,7H,5-6,8H2,1-2H3,(H,14,15). The number of aryl methyl sites for hydroxylation is 1. The average Bonchev–Trinajstić information content (AvgIpc) is 2.28. The van der Waals surface area contributed by atoms with Crippen LogP contribution in [0.15, 0.2) is 27.6 Å². The first-order chi connectivity index (χ1) is 8.13. The topological polar surface area (TPSA) is 38.3 Å². The van der Waals surface area contributed by atoms with E-state index < -0.39 is 0 Å². The lowest BCUT2D eigenvalue weighted by Gasteiger charge is -2.07. The molecule has 0 aliphatic carbocycles. The van der Waals surface area contributed by atoms with Gasteiger partial charge in [0.15, 0.2) is 0 Å². The van der Waals surface area contributed by atoms with Gasteiger partial charge in [0.2, 0.25) is 5.91 Å². The Morgan fingerprint density at radius 1 is 1.53 bits per heavy atom. The molecule has 0 fully saturated rings. The second-order valence-corrected chi connectivity index (χ2v) is 5.47. The number of nitrogens with one attached hydrogen (secondary N) is 1. The zero-order valence-corrected chi connectivity index (χ0v) is 12.4. The van der Waals surface area contributed by atoms with E-state index in [2.05, 4.69) is 21.2 Å². The molecule has 1 aromatic carbocycles. The summed E-state index contributed by atoms with van der Waals surface area (Å²) < 4.78 is 5.92. The molecule has 1 aromatic rings. The number of halogens is 1. The molecule has 0 radical (unpaired) electrons. The fourth-order valence-electron chi connectivity index (χ4n) is 1.26. The number of hydrogen-bond donors (Lipinski definition) is 1. The van der Waals surface area contributed by atoms with Gasteiger partial charge in [-0.1, -0.05) is 15.9 Å². The van der Waals surface area contributed by atoms with Crippen molar-refractivity contribution in [3.05, 3.63) is 28.2 Å². The van der Waals surface area contributed by atoms with E-state index in [1.807, 2.05) is 25.1 Å². The quantitative estimate of drug-likeness (QED) is 0.647. The van der Waals surface area contributed by atoms with E-state index in [9.17, 15) is 4.79 Å². The Hall–Kier alpha value is -0.520. The van der Waals surface area contributed by atoms with Crippen LogP contribution in [-0.4, -0.2) is 31.9 Å². The van der Waals surface area contributed by atoms with E-state index in [0.717, 1.165) is 9.37 Å². The molecule has 3 nitrogen and oxygen atoms in total. The number of carbonyl (C=O) groups excluding carboxylic acids is 1. The molecule has 0 atom stereocenters. The van der Waals surface area contributed by atoms with Crippen molar-refractivity contribution in [1.29, 1.82) is 0 Å². The molecule has 0 unspecified atom stereocenters. The molecule has 0 aliphatic heterocycles. The van der Waals surface area contributed by atoms with E-state index in [4.69, 9.17) is 4.74 Å². The maximum Gasteiger partial charge on any atom is 0.230 e. The highest BCUT2D eigenvalue weighted by atomic mass is 79.9. The Morgan fingerprint density at radius 2 is 2.29 bits per heavy atom. The monoisotopic (exact) mass is 317 g/mol. The predicted molar refractivity (Wildman–Crippen MR) is 74.5 cm³/mol. The van der Waals surface area contributed by atoms with Crippen molar-refractivity contribution in [2.24, 2.45) is 0 Å². The van der Waals surface area contributed by atoms with Crippen molar-refractivity contribution in [3.63, 3.8) is 0 Å². The molecule has 94 valence electrons. The summed E-state index contributed by atoms with van der Waals surface area (Å²) in [4.78, 5) is 12.6. The average molecular weight is 318 g/mol. The number of ether oxygens (including phenoxy) is 1. The smallest absolute Gasteiger partial charge is 0.230 e. The van der Waals surface area contributed by atoms with Crippen molar-refractivity contribution in [1.82, 2.24) is 5.32 Å². The van der Waals surface area contributed by atoms with Gasteiger partial charge in [-0.15, -0.1) is 11.8 Å². The van der Waals surface area contributed by atoms with Gasteiger partial charge in [0.1, 0.15) is 0 Å². The van der Waals surface area contributed by atoms with E-state index in [0.29, 0.717) is 18.9 Å². The van der Waals surface area contributed by atoms with E-state index in [1.165, 1.54) is 5.56 Å². The van der Waals surface area contributed by atoms with E-state index in [-0.39, 0.29) is 5.91 Å². The van der Waals surface area contributed by atoms with Gasteiger partial charge in [0, 0.05) is 23.0 Å². The molecule has 0 aromatic heterocycles. The highest BCUT2D eigenvalue weighted by Gasteiger charge is 2.04. The molecule has 0 aliphatic rings. The Balaban J connectivity index is 2.37. The molecule has 0 saturated carbocycles. The SMILES string of the molecule is COCCNC(=O)CSc1ccc(Br)cc1C. The van der Waals surface area contributed by atoms with Crippen LogP contribution in [0.5, 0.6) is 0 Å². The number of carbonyl (C=O) groups is 1. The van der Waals surface area contributed by atoms with Gasteiger partial charge < -0.3 is 10.1 Å². The van der Waals surface area contributed by atoms with Crippen molar-refractivity contribution in [2.45, 2.75) is 11.8 Å². The summed E-state index contributed by atoms with van der Waals surface area (Å²) in [6.07, 6.45) is 0. The molecular formula is C12H16BrNO2S. The van der Waals surface area contributed by atoms with Crippen molar-refractivity contribution < 1.29 is 9.53 Å². The van der Waals surface area contributed by atoms with Gasteiger partial charge >= 0.3 is 0 Å². The molecular weight excluding hydrogens is 302 g/mol. The first-order valence-electron chi connectivity index (χ1n) is 5.28. The van der Waals surface area contributed by atoms with E-state index in [1.54, 1.807) is 18.9 Å². The summed E-state index contributed by atoms with van der Waals surface area (Å²) in [5.74, 6) is 0.473. The van der Waals surface area contributed by atoms with Crippen LogP contribution in [0.3, 0.4) is 0 Å². The maximum atomic E-state index is 11.5. The number of rotatable bonds is 6. The number of methoxy groups -OCH3 is 1. The second-order valence-electron chi connectivity index (χ2n) is 3.54. The van der Waals surface area contributed by atoms with Crippen LogP contribution in [0.1, 0.15) is 5.56 Å². The number of hydrogen-bond acceptors (Lipinski definition) is 3. The van der Waals surface area contributed by atoms with Gasteiger partial charge in [-0.2, -0.15) is 0 Å². The molecule has 0 spiro atoms. The summed E-state index contributed by atoms with van der Waals surface area (Å²) >= 11 is 4.96. The van der Waals surface area contributed by atoms with Gasteiger partial charge in [-0.3, -0.25) is 4.79 Å². The summed E-state index contributed by atoms with van der Waals surface area (Å²) in [5.41, 5.74) is 1.18. The Labute approximate surface area is 114 Å². The number of benzene rings is 1. The van der Waals surface area contributed by atoms with Gasteiger partial charge in [0.05, 0.1) is 12.4 Å². The van der Waals surface area contributed by atoms with Crippen molar-refractivity contribution in [3.8, 4) is 0 Å². The van der Waals surface area contributed by atoms with E-state index >= 15 is 0 Å². The Kier molecular flexibility index (Phi) is 6.62. The molecule has 5 heteroatoms. The van der Waals surface area contributed by atoms with Gasteiger partial charge in [-0.25, -0.2) is 0 Å². The molecule has 0 saturated heterocycles. The fraction of sp³-hybridized carbons (Fsp3) is 0.417. The third-order valence-corrected chi connectivity index (χ3v) is 3.79. The zero-order valence-electron chi connectivity index (χ0n) is 9.96. The number of amides is 1. The third-order valence-electron chi connectivity index (χ3n) is 2.12. The van der Waals surface area contributed by atoms with Crippen molar-refractivity contribution in [2.75, 3.05) is 26.0 Å². The lowest BCUT2D eigenvalue weighted by Crippen LogP contribution is -2.28. The minimum Gasteiger partial charge on any atom is -0.383 e. The van der Waals surface area contributed by atoms with Crippen LogP contribution in [0.25, 0.3) is 0 Å². The normalized spacial score (nSPS) is 10.3. The van der Waals surface area contributed by atoms with Crippen LogP contribution in [0.2, 0.25) is 0 Å². The van der Waals surface area contributed by atoms with Crippen LogP contribution in [0.4, 0.5) is 0 Å². The largest absolute Gasteiger partial charge is 0.383 e. The second kappa shape index (κ2) is 7.74. The van der Waals surface area contributed by atoms with Crippen LogP contribution in [-0.2, 0) is 9.53 Å². The molecule has 1 N–H and O–H groups in total. The summed E-state index contributed by atoms with van der Waals surface area (Å²) in [6, 6.07) is 6.05.